The van der Waals surface area contributed by atoms with Gasteiger partial charge in [-0.3, -0.25) is 14.7 Å². The second kappa shape index (κ2) is 16.2. The molecule has 5 rings (SSSR count). The van der Waals surface area contributed by atoms with E-state index in [1.54, 1.807) is 41.4 Å². The number of benzene rings is 2. The number of aliphatic imine (C=N–C) groups is 1. The summed E-state index contributed by atoms with van der Waals surface area (Å²) in [5.74, 6) is 1.24. The van der Waals surface area contributed by atoms with Crippen molar-refractivity contribution in [3.8, 4) is 17.2 Å². The van der Waals surface area contributed by atoms with Crippen molar-refractivity contribution < 1.29 is 33.3 Å². The molecule has 0 aliphatic carbocycles. The minimum atomic E-state index is -0.611. The van der Waals surface area contributed by atoms with Crippen LogP contribution in [0.25, 0.3) is 0 Å². The zero-order valence-electron chi connectivity index (χ0n) is 27.6. The average Bonchev–Trinajstić information content (AvgIpc) is 3.54. The van der Waals surface area contributed by atoms with Crippen molar-refractivity contribution in [1.29, 1.82) is 0 Å². The Labute approximate surface area is 280 Å². The van der Waals surface area contributed by atoms with Crippen molar-refractivity contribution in [2.45, 2.75) is 45.8 Å². The number of morpholine rings is 1. The summed E-state index contributed by atoms with van der Waals surface area (Å²) in [6.07, 6.45) is 4.57. The number of carbonyl (C=O) groups is 2. The maximum Gasteiger partial charge on any atom is 0.317 e. The number of amides is 3. The Kier molecular flexibility index (Phi) is 11.6. The Morgan fingerprint density at radius 1 is 1.06 bits per heavy atom. The van der Waals surface area contributed by atoms with Crippen molar-refractivity contribution in [2.24, 2.45) is 4.99 Å². The van der Waals surface area contributed by atoms with Gasteiger partial charge in [0.25, 0.3) is 5.91 Å². The zero-order chi connectivity index (χ0) is 33.9. The monoisotopic (exact) mass is 658 g/mol. The third-order valence-corrected chi connectivity index (χ3v) is 7.67. The number of nitrogens with one attached hydrogen (secondary N) is 2. The van der Waals surface area contributed by atoms with Gasteiger partial charge in [-0.05, 0) is 75.1 Å². The molecular formula is C35H42N6O7. The van der Waals surface area contributed by atoms with Crippen LogP contribution in [0, 0.1) is 0 Å². The highest BCUT2D eigenvalue weighted by Gasteiger charge is 2.21. The van der Waals surface area contributed by atoms with E-state index in [4.69, 9.17) is 18.9 Å². The molecule has 3 heterocycles. The molecule has 1 saturated heterocycles. The number of carbonyl (C=O) groups excluding carboxylic acids is 3. The van der Waals surface area contributed by atoms with Crippen molar-refractivity contribution in [3.05, 3.63) is 71.5 Å². The van der Waals surface area contributed by atoms with Crippen LogP contribution in [-0.2, 0) is 22.5 Å². The van der Waals surface area contributed by atoms with Crippen molar-refractivity contribution in [2.75, 3.05) is 58.0 Å². The molecule has 0 unspecified atom stereocenters. The number of rotatable bonds is 13. The Hall–Kier alpha value is -4.97. The van der Waals surface area contributed by atoms with Gasteiger partial charge in [-0.2, -0.15) is 4.99 Å². The molecule has 48 heavy (non-hydrogen) atoms. The number of anilines is 1. The Morgan fingerprint density at radius 2 is 1.85 bits per heavy atom. The summed E-state index contributed by atoms with van der Waals surface area (Å²) in [5, 5.41) is 5.87. The molecule has 2 aliphatic heterocycles. The SMILES string of the molecule is CC(C)(C)Oc1c(N=C=O)cccc1NC(=O)c1ccc(CN(CCCN2CCOCC2)C(=O)NCCc2ccc3c(c2)OCO3)cn1. The van der Waals surface area contributed by atoms with Gasteiger partial charge in [0.05, 0.1) is 18.9 Å². The van der Waals surface area contributed by atoms with Crippen LogP contribution in [0.3, 0.4) is 0 Å². The van der Waals surface area contributed by atoms with Crippen molar-refractivity contribution in [1.82, 2.24) is 20.1 Å². The zero-order valence-corrected chi connectivity index (χ0v) is 27.6. The van der Waals surface area contributed by atoms with E-state index in [2.05, 4.69) is 25.5 Å². The van der Waals surface area contributed by atoms with E-state index in [1.807, 2.05) is 39.0 Å². The number of nitrogens with zero attached hydrogens (tertiary/aromatic N) is 4. The highest BCUT2D eigenvalue weighted by Crippen LogP contribution is 2.38. The van der Waals surface area contributed by atoms with Gasteiger partial charge in [0.2, 0.25) is 12.9 Å². The van der Waals surface area contributed by atoms with Crippen LogP contribution in [0.5, 0.6) is 17.2 Å². The maximum absolute atomic E-state index is 13.4. The summed E-state index contributed by atoms with van der Waals surface area (Å²) >= 11 is 0. The fourth-order valence-electron chi connectivity index (χ4n) is 5.32. The molecular weight excluding hydrogens is 616 g/mol. The first-order valence-electron chi connectivity index (χ1n) is 16.1. The first kappa shape index (κ1) is 34.4. The number of para-hydroxylation sites is 1. The number of urea groups is 1. The molecule has 0 saturated carbocycles. The summed E-state index contributed by atoms with van der Waals surface area (Å²) in [6, 6.07) is 13.9. The van der Waals surface area contributed by atoms with Gasteiger partial charge in [0.1, 0.15) is 17.0 Å². The summed E-state index contributed by atoms with van der Waals surface area (Å²) in [4.78, 5) is 49.8. The van der Waals surface area contributed by atoms with Gasteiger partial charge in [-0.25, -0.2) is 9.59 Å². The predicted octanol–water partition coefficient (Wildman–Crippen LogP) is 4.68. The van der Waals surface area contributed by atoms with Crippen LogP contribution >= 0.6 is 0 Å². The summed E-state index contributed by atoms with van der Waals surface area (Å²) < 4.78 is 22.3. The fraction of sp³-hybridized carbons (Fsp3) is 0.429. The molecule has 1 aromatic heterocycles. The molecule has 1 fully saturated rings. The molecule has 2 aliphatic rings. The van der Waals surface area contributed by atoms with Crippen LogP contribution in [0.4, 0.5) is 16.2 Å². The van der Waals surface area contributed by atoms with Gasteiger partial charge < -0.3 is 34.5 Å². The van der Waals surface area contributed by atoms with Crippen LogP contribution in [-0.4, -0.2) is 91.1 Å². The van der Waals surface area contributed by atoms with Gasteiger partial charge in [0.15, 0.2) is 17.2 Å². The molecule has 3 amide bonds. The molecule has 254 valence electrons. The summed E-state index contributed by atoms with van der Waals surface area (Å²) in [5.41, 5.74) is 1.99. The van der Waals surface area contributed by atoms with Gasteiger partial charge in [0, 0.05) is 45.5 Å². The molecule has 13 heteroatoms. The maximum atomic E-state index is 13.4. The molecule has 13 nitrogen and oxygen atoms in total. The fourth-order valence-corrected chi connectivity index (χ4v) is 5.32. The molecule has 0 spiro atoms. The molecule has 2 N–H and O–H groups in total. The summed E-state index contributed by atoms with van der Waals surface area (Å²) in [7, 11) is 0. The third kappa shape index (κ3) is 9.77. The number of isocyanates is 1. The van der Waals surface area contributed by atoms with Crippen LogP contribution in [0.2, 0.25) is 0 Å². The van der Waals surface area contributed by atoms with E-state index in [-0.39, 0.29) is 30.0 Å². The van der Waals surface area contributed by atoms with E-state index in [1.165, 1.54) is 6.08 Å². The minimum Gasteiger partial charge on any atom is -0.484 e. The number of ether oxygens (including phenoxy) is 4. The van der Waals surface area contributed by atoms with Crippen molar-refractivity contribution >= 4 is 29.4 Å². The molecule has 0 atom stereocenters. The lowest BCUT2D eigenvalue weighted by atomic mass is 10.1. The second-order valence-corrected chi connectivity index (χ2v) is 12.5. The van der Waals surface area contributed by atoms with E-state index in [9.17, 15) is 14.4 Å². The first-order valence-corrected chi connectivity index (χ1v) is 16.1. The van der Waals surface area contributed by atoms with E-state index < -0.39 is 11.5 Å². The normalized spacial score (nSPS) is 14.1. The van der Waals surface area contributed by atoms with Crippen molar-refractivity contribution in [3.63, 3.8) is 0 Å². The first-order chi connectivity index (χ1) is 23.2. The lowest BCUT2D eigenvalue weighted by molar-refractivity contribution is 0.0364. The van der Waals surface area contributed by atoms with Gasteiger partial charge in [-0.15, -0.1) is 0 Å². The standard InChI is InChI=1S/C35H42N6O7/c1-35(2,3)48-32-27(38-23-42)6-4-7-28(32)39-33(43)29-10-8-26(21-37-29)22-41(15-5-14-40-16-18-45-19-17-40)34(44)36-13-12-25-9-11-30-31(20-25)47-24-46-30/h4,6-11,20-21H,5,12-19,22,24H2,1-3H3,(H,36,44)(H,39,43). The highest BCUT2D eigenvalue weighted by atomic mass is 16.7. The Morgan fingerprint density at radius 3 is 2.60 bits per heavy atom. The van der Waals surface area contributed by atoms with E-state index in [0.717, 1.165) is 56.1 Å². The highest BCUT2D eigenvalue weighted by molar-refractivity contribution is 6.04. The van der Waals surface area contributed by atoms with Gasteiger partial charge >= 0.3 is 6.03 Å². The Balaban J connectivity index is 1.22. The van der Waals surface area contributed by atoms with Crippen LogP contribution < -0.4 is 24.8 Å². The van der Waals surface area contributed by atoms with Crippen LogP contribution in [0.15, 0.2) is 59.7 Å². The molecule has 2 aromatic carbocycles. The lowest BCUT2D eigenvalue weighted by Gasteiger charge is -2.28. The van der Waals surface area contributed by atoms with Crippen LogP contribution in [0.1, 0.15) is 48.8 Å². The lowest BCUT2D eigenvalue weighted by Crippen LogP contribution is -2.42. The largest absolute Gasteiger partial charge is 0.484 e. The number of pyridine rings is 1. The average molecular weight is 659 g/mol. The topological polar surface area (TPSA) is 144 Å². The van der Waals surface area contributed by atoms with E-state index in [0.29, 0.717) is 37.5 Å². The number of fused-ring (bicyclic) bond motifs is 1. The van der Waals surface area contributed by atoms with Gasteiger partial charge in [-0.1, -0.05) is 18.2 Å². The molecule has 0 radical (unpaired) electrons. The minimum absolute atomic E-state index is 0.177. The Bertz CT molecular complexity index is 1610. The van der Waals surface area contributed by atoms with E-state index >= 15 is 0 Å². The number of hydrogen-bond donors (Lipinski definition) is 2. The number of aromatic nitrogens is 1. The molecule has 3 aromatic rings. The predicted molar refractivity (Wildman–Crippen MR) is 179 cm³/mol. The quantitative estimate of drug-likeness (QED) is 0.198. The third-order valence-electron chi connectivity index (χ3n) is 7.67. The molecule has 0 bridgehead atoms. The summed E-state index contributed by atoms with van der Waals surface area (Å²) in [6.45, 7) is 11.2. The smallest absolute Gasteiger partial charge is 0.317 e. The second-order valence-electron chi connectivity index (χ2n) is 12.5. The number of hydrogen-bond acceptors (Lipinski definition) is 10.